The van der Waals surface area contributed by atoms with Gasteiger partial charge in [0.2, 0.25) is 0 Å². The molecule has 0 amide bonds. The SMILES string of the molecule is Cc1cc2oc(=O)cc(COC(=O)c3ccc(Cl)cc3Cl)c2cc1C. The maximum atomic E-state index is 12.2. The van der Waals surface area contributed by atoms with Crippen molar-refractivity contribution in [3.63, 3.8) is 0 Å². The largest absolute Gasteiger partial charge is 0.457 e. The Labute approximate surface area is 153 Å². The summed E-state index contributed by atoms with van der Waals surface area (Å²) in [5.41, 5.74) is 2.82. The Morgan fingerprint density at radius 3 is 2.52 bits per heavy atom. The highest BCUT2D eigenvalue weighted by atomic mass is 35.5. The molecule has 6 heteroatoms. The minimum atomic E-state index is -0.591. The molecular formula is C19H14Cl2O4. The zero-order valence-electron chi connectivity index (χ0n) is 13.6. The van der Waals surface area contributed by atoms with Crippen molar-refractivity contribution in [1.82, 2.24) is 0 Å². The van der Waals surface area contributed by atoms with E-state index < -0.39 is 11.6 Å². The number of halogens is 2. The monoisotopic (exact) mass is 376 g/mol. The van der Waals surface area contributed by atoms with Crippen molar-refractivity contribution in [3.8, 4) is 0 Å². The second kappa shape index (κ2) is 6.90. The van der Waals surface area contributed by atoms with E-state index in [2.05, 4.69) is 0 Å². The molecule has 0 aliphatic rings. The van der Waals surface area contributed by atoms with E-state index in [0.717, 1.165) is 16.5 Å². The zero-order chi connectivity index (χ0) is 18.1. The van der Waals surface area contributed by atoms with Gasteiger partial charge in [0, 0.05) is 22.0 Å². The van der Waals surface area contributed by atoms with Crippen LogP contribution in [0.15, 0.2) is 45.6 Å². The standard InChI is InChI=1S/C19H14Cl2O4/c1-10-5-15-12(7-18(22)25-17(15)6-11(10)2)9-24-19(23)14-4-3-13(20)8-16(14)21/h3-8H,9H2,1-2H3. The minimum Gasteiger partial charge on any atom is -0.457 e. The molecule has 0 radical (unpaired) electrons. The van der Waals surface area contributed by atoms with Crippen molar-refractivity contribution >= 4 is 40.1 Å². The maximum absolute atomic E-state index is 12.2. The quantitative estimate of drug-likeness (QED) is 0.472. The van der Waals surface area contributed by atoms with Crippen LogP contribution >= 0.6 is 23.2 Å². The van der Waals surface area contributed by atoms with E-state index >= 15 is 0 Å². The first kappa shape index (κ1) is 17.5. The normalized spacial score (nSPS) is 10.9. The summed E-state index contributed by atoms with van der Waals surface area (Å²) in [6, 6.07) is 9.56. The van der Waals surface area contributed by atoms with Crippen LogP contribution in [0.2, 0.25) is 10.0 Å². The van der Waals surface area contributed by atoms with Crippen LogP contribution in [0.4, 0.5) is 0 Å². The number of carbonyl (C=O) groups excluding carboxylic acids is 1. The lowest BCUT2D eigenvalue weighted by molar-refractivity contribution is 0.0474. The number of esters is 1. The van der Waals surface area contributed by atoms with Crippen LogP contribution in [-0.2, 0) is 11.3 Å². The number of hydrogen-bond donors (Lipinski definition) is 0. The lowest BCUT2D eigenvalue weighted by Gasteiger charge is -2.10. The summed E-state index contributed by atoms with van der Waals surface area (Å²) in [7, 11) is 0. The van der Waals surface area contributed by atoms with Gasteiger partial charge in [-0.15, -0.1) is 0 Å². The Kier molecular flexibility index (Phi) is 4.84. The van der Waals surface area contributed by atoms with Crippen LogP contribution in [0, 0.1) is 13.8 Å². The van der Waals surface area contributed by atoms with Crippen LogP contribution in [0.5, 0.6) is 0 Å². The van der Waals surface area contributed by atoms with E-state index in [-0.39, 0.29) is 17.2 Å². The van der Waals surface area contributed by atoms with Crippen LogP contribution < -0.4 is 5.63 Å². The molecule has 0 saturated carbocycles. The molecule has 0 spiro atoms. The molecule has 0 bridgehead atoms. The van der Waals surface area contributed by atoms with E-state index in [0.29, 0.717) is 16.2 Å². The number of rotatable bonds is 3. The molecule has 25 heavy (non-hydrogen) atoms. The van der Waals surface area contributed by atoms with Gasteiger partial charge in [0.25, 0.3) is 0 Å². The van der Waals surface area contributed by atoms with Gasteiger partial charge in [-0.25, -0.2) is 9.59 Å². The number of aryl methyl sites for hydroxylation is 2. The molecule has 2 aromatic carbocycles. The fourth-order valence-electron chi connectivity index (χ4n) is 2.48. The zero-order valence-corrected chi connectivity index (χ0v) is 15.1. The predicted octanol–water partition coefficient (Wildman–Crippen LogP) is 5.07. The van der Waals surface area contributed by atoms with Gasteiger partial charge >= 0.3 is 11.6 Å². The molecular weight excluding hydrogens is 363 g/mol. The lowest BCUT2D eigenvalue weighted by Crippen LogP contribution is -2.08. The molecule has 0 fully saturated rings. The highest BCUT2D eigenvalue weighted by Crippen LogP contribution is 2.24. The molecule has 128 valence electrons. The highest BCUT2D eigenvalue weighted by molar-refractivity contribution is 6.36. The average molecular weight is 377 g/mol. The number of hydrogen-bond acceptors (Lipinski definition) is 4. The van der Waals surface area contributed by atoms with E-state index in [1.807, 2.05) is 19.9 Å². The van der Waals surface area contributed by atoms with E-state index in [1.165, 1.54) is 18.2 Å². The Balaban J connectivity index is 1.91. The van der Waals surface area contributed by atoms with Gasteiger partial charge < -0.3 is 9.15 Å². The first-order valence-electron chi connectivity index (χ1n) is 7.51. The number of ether oxygens (including phenoxy) is 1. The van der Waals surface area contributed by atoms with Gasteiger partial charge in [0.15, 0.2) is 0 Å². The van der Waals surface area contributed by atoms with E-state index in [4.69, 9.17) is 32.4 Å². The van der Waals surface area contributed by atoms with Crippen LogP contribution in [0.3, 0.4) is 0 Å². The molecule has 3 aromatic rings. The number of fused-ring (bicyclic) bond motifs is 1. The Morgan fingerprint density at radius 1 is 1.08 bits per heavy atom. The Morgan fingerprint density at radius 2 is 1.80 bits per heavy atom. The second-order valence-electron chi connectivity index (χ2n) is 5.72. The van der Waals surface area contributed by atoms with E-state index in [9.17, 15) is 9.59 Å². The summed E-state index contributed by atoms with van der Waals surface area (Å²) >= 11 is 11.8. The van der Waals surface area contributed by atoms with Gasteiger partial charge in [0.05, 0.1) is 10.6 Å². The van der Waals surface area contributed by atoms with Crippen molar-refractivity contribution in [2.45, 2.75) is 20.5 Å². The lowest BCUT2D eigenvalue weighted by atomic mass is 10.0. The average Bonchev–Trinajstić information content (AvgIpc) is 2.54. The predicted molar refractivity (Wildman–Crippen MR) is 97.5 cm³/mol. The third-order valence-electron chi connectivity index (χ3n) is 3.95. The maximum Gasteiger partial charge on any atom is 0.339 e. The Hall–Kier alpha value is -2.30. The van der Waals surface area contributed by atoms with Crippen molar-refractivity contribution in [3.05, 3.63) is 79.1 Å². The van der Waals surface area contributed by atoms with Crippen LogP contribution in [0.25, 0.3) is 11.0 Å². The molecule has 0 aliphatic carbocycles. The summed E-state index contributed by atoms with van der Waals surface area (Å²) in [6.07, 6.45) is 0. The smallest absolute Gasteiger partial charge is 0.339 e. The van der Waals surface area contributed by atoms with Crippen LogP contribution in [-0.4, -0.2) is 5.97 Å². The first-order valence-corrected chi connectivity index (χ1v) is 8.27. The van der Waals surface area contributed by atoms with Crippen LogP contribution in [0.1, 0.15) is 27.0 Å². The third kappa shape index (κ3) is 3.70. The van der Waals surface area contributed by atoms with Crippen molar-refractivity contribution in [2.24, 2.45) is 0 Å². The number of carbonyl (C=O) groups is 1. The third-order valence-corrected chi connectivity index (χ3v) is 4.50. The fourth-order valence-corrected chi connectivity index (χ4v) is 2.96. The van der Waals surface area contributed by atoms with Gasteiger partial charge in [-0.1, -0.05) is 23.2 Å². The van der Waals surface area contributed by atoms with Crippen molar-refractivity contribution < 1.29 is 13.9 Å². The molecule has 0 aliphatic heterocycles. The summed E-state index contributed by atoms with van der Waals surface area (Å²) in [5.74, 6) is -0.591. The van der Waals surface area contributed by atoms with Crippen molar-refractivity contribution in [1.29, 1.82) is 0 Å². The topological polar surface area (TPSA) is 56.5 Å². The summed E-state index contributed by atoms with van der Waals surface area (Å²) in [5, 5.41) is 1.37. The minimum absolute atomic E-state index is 0.0671. The molecule has 1 aromatic heterocycles. The summed E-state index contributed by atoms with van der Waals surface area (Å²) in [6.45, 7) is 3.83. The molecule has 4 nitrogen and oxygen atoms in total. The summed E-state index contributed by atoms with van der Waals surface area (Å²) in [4.78, 5) is 24.0. The van der Waals surface area contributed by atoms with Gasteiger partial charge in [-0.05, 0) is 55.3 Å². The van der Waals surface area contributed by atoms with E-state index in [1.54, 1.807) is 12.1 Å². The van der Waals surface area contributed by atoms with Crippen molar-refractivity contribution in [2.75, 3.05) is 0 Å². The second-order valence-corrected chi connectivity index (χ2v) is 6.57. The molecule has 0 saturated heterocycles. The van der Waals surface area contributed by atoms with Gasteiger partial charge in [-0.3, -0.25) is 0 Å². The van der Waals surface area contributed by atoms with Gasteiger partial charge in [0.1, 0.15) is 12.2 Å². The summed E-state index contributed by atoms with van der Waals surface area (Å²) < 4.78 is 10.6. The molecule has 0 N–H and O–H groups in total. The molecule has 0 unspecified atom stereocenters. The first-order chi connectivity index (χ1) is 11.8. The molecule has 3 rings (SSSR count). The number of benzene rings is 2. The van der Waals surface area contributed by atoms with Gasteiger partial charge in [-0.2, -0.15) is 0 Å². The highest BCUT2D eigenvalue weighted by Gasteiger charge is 2.14. The molecule has 1 heterocycles. The fraction of sp³-hybridized carbons (Fsp3) is 0.158. The Bertz CT molecular complexity index is 1040. The molecule has 0 atom stereocenters.